The van der Waals surface area contributed by atoms with Gasteiger partial charge in [0, 0.05) is 73.1 Å². The molecule has 3 aliphatic rings. The van der Waals surface area contributed by atoms with E-state index in [1.807, 2.05) is 31.2 Å². The maximum absolute atomic E-state index is 14.5. The molecule has 1 saturated carbocycles. The number of morpholine rings is 1. The van der Waals surface area contributed by atoms with Crippen LogP contribution in [0.15, 0.2) is 73.2 Å². The largest absolute Gasteiger partial charge is 0.489 e. The minimum absolute atomic E-state index is 0.215. The minimum Gasteiger partial charge on any atom is -0.489 e. The molecule has 4 heterocycles. The molecule has 11 heteroatoms. The van der Waals surface area contributed by atoms with Crippen LogP contribution < -0.4 is 15.2 Å². The third-order valence-electron chi connectivity index (χ3n) is 8.42. The van der Waals surface area contributed by atoms with E-state index in [-0.39, 0.29) is 6.61 Å². The lowest BCUT2D eigenvalue weighted by Crippen LogP contribution is -2.49. The molecule has 1 saturated heterocycles. The van der Waals surface area contributed by atoms with Crippen LogP contribution in [0.2, 0.25) is 0 Å². The zero-order valence-corrected chi connectivity index (χ0v) is 24.5. The van der Waals surface area contributed by atoms with E-state index in [1.165, 1.54) is 18.5 Å². The standard InChI is InChI=1S/C33H34FN7O3/c1-21-36-16-22(17-37-21)19-43-28-11-24(34)12-29(15-28)44-27-4-2-3-23(5-6-27)30-18-41(33-31(30)32(35)38-20-39-33)26-13-25(14-26)40-7-9-42-10-8-40/h2,4-6,11-12,15-18,20,25-26H,3,7-10,13-14,19H2,1H3,(H2,35,38,39). The third kappa shape index (κ3) is 5.93. The number of benzene rings is 1. The van der Waals surface area contributed by atoms with Crippen LogP contribution >= 0.6 is 0 Å². The van der Waals surface area contributed by atoms with Gasteiger partial charge in [0.25, 0.3) is 0 Å². The first-order chi connectivity index (χ1) is 21.5. The van der Waals surface area contributed by atoms with Crippen LogP contribution in [0.5, 0.6) is 11.5 Å². The lowest BCUT2D eigenvalue weighted by Gasteiger charge is -2.45. The van der Waals surface area contributed by atoms with Gasteiger partial charge < -0.3 is 24.5 Å². The fourth-order valence-corrected chi connectivity index (χ4v) is 6.01. The van der Waals surface area contributed by atoms with Crippen molar-refractivity contribution in [3.63, 3.8) is 0 Å². The molecule has 0 bridgehead atoms. The van der Waals surface area contributed by atoms with Crippen molar-refractivity contribution < 1.29 is 18.6 Å². The highest BCUT2D eigenvalue weighted by molar-refractivity contribution is 5.98. The molecule has 7 rings (SSSR count). The lowest BCUT2D eigenvalue weighted by atomic mass is 9.85. The molecule has 0 atom stereocenters. The normalized spacial score (nSPS) is 20.5. The number of hydrogen-bond donors (Lipinski definition) is 1. The number of ether oxygens (including phenoxy) is 3. The van der Waals surface area contributed by atoms with Crippen molar-refractivity contribution in [1.82, 2.24) is 29.4 Å². The number of halogens is 1. The van der Waals surface area contributed by atoms with Crippen molar-refractivity contribution in [2.45, 2.75) is 44.9 Å². The number of nitrogens with two attached hydrogens (primary N) is 1. The first-order valence-electron chi connectivity index (χ1n) is 14.9. The van der Waals surface area contributed by atoms with Gasteiger partial charge in [0.15, 0.2) is 0 Å². The van der Waals surface area contributed by atoms with Gasteiger partial charge in [-0.1, -0.05) is 12.2 Å². The van der Waals surface area contributed by atoms with Crippen molar-refractivity contribution in [2.75, 3.05) is 32.0 Å². The molecule has 2 N–H and O–H groups in total. The summed E-state index contributed by atoms with van der Waals surface area (Å²) in [6, 6.07) is 5.24. The van der Waals surface area contributed by atoms with E-state index in [0.29, 0.717) is 47.4 Å². The van der Waals surface area contributed by atoms with Crippen molar-refractivity contribution in [1.29, 1.82) is 0 Å². The van der Waals surface area contributed by atoms with E-state index < -0.39 is 5.82 Å². The fourth-order valence-electron chi connectivity index (χ4n) is 6.01. The summed E-state index contributed by atoms with van der Waals surface area (Å²) in [5, 5.41) is 0.866. The Labute approximate surface area is 254 Å². The summed E-state index contributed by atoms with van der Waals surface area (Å²) in [6.07, 6.45) is 17.7. The van der Waals surface area contributed by atoms with Gasteiger partial charge in [-0.05, 0) is 43.9 Å². The Hall–Kier alpha value is -4.61. The number of rotatable bonds is 8. The monoisotopic (exact) mass is 595 g/mol. The number of aromatic nitrogens is 5. The number of hydrogen-bond acceptors (Lipinski definition) is 9. The Morgan fingerprint density at radius 1 is 1.00 bits per heavy atom. The highest BCUT2D eigenvalue weighted by Gasteiger charge is 2.36. The van der Waals surface area contributed by atoms with Gasteiger partial charge in [-0.2, -0.15) is 0 Å². The SMILES string of the molecule is Cc1ncc(COc2cc(F)cc(OC3=CC=C(c4cn(C5CC(N6CCOCC6)C5)c5ncnc(N)c45)CC=C3)c2)cn1. The number of allylic oxidation sites excluding steroid dienone is 5. The van der Waals surface area contributed by atoms with Crippen LogP contribution in [-0.2, 0) is 11.3 Å². The summed E-state index contributed by atoms with van der Waals surface area (Å²) in [7, 11) is 0. The molecule has 10 nitrogen and oxygen atoms in total. The van der Waals surface area contributed by atoms with E-state index in [9.17, 15) is 4.39 Å². The predicted octanol–water partition coefficient (Wildman–Crippen LogP) is 5.17. The second-order valence-electron chi connectivity index (χ2n) is 11.4. The van der Waals surface area contributed by atoms with Crippen LogP contribution in [0.3, 0.4) is 0 Å². The molecule has 1 aromatic carbocycles. The molecule has 3 aromatic heterocycles. The molecule has 0 unspecified atom stereocenters. The van der Waals surface area contributed by atoms with Crippen molar-refractivity contribution in [2.24, 2.45) is 0 Å². The van der Waals surface area contributed by atoms with Crippen LogP contribution in [0.4, 0.5) is 10.2 Å². The zero-order chi connectivity index (χ0) is 30.0. The molecule has 1 aliphatic heterocycles. The van der Waals surface area contributed by atoms with Gasteiger partial charge in [-0.3, -0.25) is 4.90 Å². The van der Waals surface area contributed by atoms with Crippen LogP contribution in [0.25, 0.3) is 16.6 Å². The Balaban J connectivity index is 1.09. The van der Waals surface area contributed by atoms with Gasteiger partial charge in [0.05, 0.1) is 18.6 Å². The first kappa shape index (κ1) is 28.2. The summed E-state index contributed by atoms with van der Waals surface area (Å²) in [5.41, 5.74) is 10.1. The summed E-state index contributed by atoms with van der Waals surface area (Å²) in [6.45, 7) is 5.63. The Morgan fingerprint density at radius 2 is 1.80 bits per heavy atom. The van der Waals surface area contributed by atoms with Gasteiger partial charge in [-0.25, -0.2) is 24.3 Å². The van der Waals surface area contributed by atoms with Crippen LogP contribution in [0.1, 0.15) is 42.3 Å². The lowest BCUT2D eigenvalue weighted by molar-refractivity contribution is -0.0142. The molecule has 4 aromatic rings. The molecule has 226 valence electrons. The molecular weight excluding hydrogens is 561 g/mol. The van der Waals surface area contributed by atoms with Gasteiger partial charge in [0.2, 0.25) is 0 Å². The van der Waals surface area contributed by atoms with E-state index in [2.05, 4.69) is 35.6 Å². The number of aryl methyl sites for hydroxylation is 1. The maximum atomic E-state index is 14.5. The molecule has 2 fully saturated rings. The Bertz CT molecular complexity index is 1750. The second kappa shape index (κ2) is 12.2. The molecule has 0 amide bonds. The van der Waals surface area contributed by atoms with E-state index in [4.69, 9.17) is 19.9 Å². The first-order valence-corrected chi connectivity index (χ1v) is 14.9. The third-order valence-corrected chi connectivity index (χ3v) is 8.42. The molecular formula is C33H34FN7O3. The summed E-state index contributed by atoms with van der Waals surface area (Å²) < 4.78 is 34.1. The molecule has 2 aliphatic carbocycles. The summed E-state index contributed by atoms with van der Waals surface area (Å²) in [4.78, 5) is 19.8. The second-order valence-corrected chi connectivity index (χ2v) is 11.4. The minimum atomic E-state index is -0.456. The van der Waals surface area contributed by atoms with Crippen LogP contribution in [-0.4, -0.2) is 61.7 Å². The number of fused-ring (bicyclic) bond motifs is 1. The van der Waals surface area contributed by atoms with Gasteiger partial charge in [0.1, 0.15) is 53.3 Å². The van der Waals surface area contributed by atoms with Crippen molar-refractivity contribution >= 4 is 22.4 Å². The molecule has 44 heavy (non-hydrogen) atoms. The summed E-state index contributed by atoms with van der Waals surface area (Å²) >= 11 is 0. The topological polar surface area (TPSA) is 113 Å². The maximum Gasteiger partial charge on any atom is 0.146 e. The molecule has 0 spiro atoms. The molecule has 0 radical (unpaired) electrons. The Kier molecular flexibility index (Phi) is 7.80. The van der Waals surface area contributed by atoms with Crippen molar-refractivity contribution in [3.05, 3.63) is 95.9 Å². The summed E-state index contributed by atoms with van der Waals surface area (Å²) in [5.74, 6) is 1.95. The highest BCUT2D eigenvalue weighted by Crippen LogP contribution is 2.41. The highest BCUT2D eigenvalue weighted by atomic mass is 19.1. The van der Waals surface area contributed by atoms with Crippen molar-refractivity contribution in [3.8, 4) is 11.5 Å². The van der Waals surface area contributed by atoms with Crippen LogP contribution in [0, 0.1) is 12.7 Å². The number of nitrogen functional groups attached to an aromatic ring is 1. The average Bonchev–Trinajstić information content (AvgIpc) is 3.22. The van der Waals surface area contributed by atoms with E-state index >= 15 is 0 Å². The quantitative estimate of drug-likeness (QED) is 0.295. The average molecular weight is 596 g/mol. The smallest absolute Gasteiger partial charge is 0.146 e. The van der Waals surface area contributed by atoms with E-state index in [1.54, 1.807) is 18.5 Å². The zero-order valence-electron chi connectivity index (χ0n) is 24.5. The number of anilines is 1. The van der Waals surface area contributed by atoms with Gasteiger partial charge >= 0.3 is 0 Å². The predicted molar refractivity (Wildman–Crippen MR) is 164 cm³/mol. The Morgan fingerprint density at radius 3 is 2.61 bits per heavy atom. The van der Waals surface area contributed by atoms with Gasteiger partial charge in [-0.15, -0.1) is 0 Å². The fraction of sp³-hybridized carbons (Fsp3) is 0.333. The van der Waals surface area contributed by atoms with E-state index in [0.717, 1.165) is 66.9 Å². The number of nitrogens with zero attached hydrogens (tertiary/aromatic N) is 6.